The first-order chi connectivity index (χ1) is 17.5. The number of benzene rings is 3. The Bertz CT molecular complexity index is 1420. The second kappa shape index (κ2) is 10.1. The van der Waals surface area contributed by atoms with Gasteiger partial charge in [0.2, 0.25) is 5.82 Å². The summed E-state index contributed by atoms with van der Waals surface area (Å²) in [5.74, 6) is 1.05. The molecule has 0 radical (unpaired) electrons. The summed E-state index contributed by atoms with van der Waals surface area (Å²) in [5.41, 5.74) is 8.64. The summed E-state index contributed by atoms with van der Waals surface area (Å²) < 4.78 is 5.89. The van der Waals surface area contributed by atoms with Crippen molar-refractivity contribution in [3.63, 3.8) is 0 Å². The number of allylic oxidation sites excluding steroid dienone is 1. The first-order valence-corrected chi connectivity index (χ1v) is 12.8. The first kappa shape index (κ1) is 23.9. The van der Waals surface area contributed by atoms with Gasteiger partial charge in [-0.2, -0.15) is 4.98 Å². The predicted octanol–water partition coefficient (Wildman–Crippen LogP) is 7.04. The molecule has 0 fully saturated rings. The lowest BCUT2D eigenvalue weighted by Crippen LogP contribution is -2.46. The lowest BCUT2D eigenvalue weighted by molar-refractivity contribution is 0.404. The molecule has 0 bridgehead atoms. The van der Waals surface area contributed by atoms with Gasteiger partial charge in [0.05, 0.1) is 11.6 Å². The van der Waals surface area contributed by atoms with Crippen LogP contribution in [0.3, 0.4) is 0 Å². The van der Waals surface area contributed by atoms with Crippen LogP contribution in [0, 0.1) is 6.92 Å². The number of aromatic nitrogens is 2. The average molecular weight is 495 g/mol. The molecule has 0 amide bonds. The van der Waals surface area contributed by atoms with Gasteiger partial charge in [0.25, 0.3) is 5.89 Å². The molecule has 5 nitrogen and oxygen atoms in total. The Kier molecular flexibility index (Phi) is 6.70. The van der Waals surface area contributed by atoms with Crippen molar-refractivity contribution < 1.29 is 4.52 Å². The van der Waals surface area contributed by atoms with Gasteiger partial charge in [-0.3, -0.25) is 4.90 Å². The smallest absolute Gasteiger partial charge is 0.258 e. The zero-order chi connectivity index (χ0) is 25.2. The number of nitrogens with one attached hydrogen (secondary N) is 1. The molecule has 6 heteroatoms. The van der Waals surface area contributed by atoms with E-state index < -0.39 is 0 Å². The lowest BCUT2D eigenvalue weighted by Gasteiger charge is -2.37. The van der Waals surface area contributed by atoms with Gasteiger partial charge in [0, 0.05) is 16.9 Å². The third kappa shape index (κ3) is 4.56. The fourth-order valence-electron chi connectivity index (χ4n) is 4.60. The molecular weight excluding hydrogens is 464 g/mol. The number of thiocarbonyl (C=S) groups is 1. The van der Waals surface area contributed by atoms with Crippen LogP contribution in [0.25, 0.3) is 17.0 Å². The van der Waals surface area contributed by atoms with Gasteiger partial charge in [0.1, 0.15) is 0 Å². The van der Waals surface area contributed by atoms with E-state index in [1.807, 2.05) is 12.1 Å². The van der Waals surface area contributed by atoms with Crippen molar-refractivity contribution in [1.29, 1.82) is 0 Å². The maximum Gasteiger partial charge on any atom is 0.258 e. The Hall–Kier alpha value is -3.77. The van der Waals surface area contributed by atoms with Gasteiger partial charge < -0.3 is 9.84 Å². The van der Waals surface area contributed by atoms with E-state index in [9.17, 15) is 0 Å². The molecule has 4 aromatic rings. The molecule has 182 valence electrons. The molecule has 2 heterocycles. The Morgan fingerprint density at radius 3 is 2.33 bits per heavy atom. The molecule has 0 saturated carbocycles. The largest absolute Gasteiger partial charge is 0.351 e. The normalized spacial score (nSPS) is 15.8. The molecule has 3 aromatic carbocycles. The molecule has 0 saturated heterocycles. The molecular formula is C30H30N4OS. The van der Waals surface area contributed by atoms with E-state index in [4.69, 9.17) is 21.7 Å². The van der Waals surface area contributed by atoms with Crippen molar-refractivity contribution in [3.8, 4) is 11.4 Å². The van der Waals surface area contributed by atoms with Gasteiger partial charge in [-0.15, -0.1) is 0 Å². The second-order valence-corrected chi connectivity index (χ2v) is 9.51. The Labute approximate surface area is 217 Å². The first-order valence-electron chi connectivity index (χ1n) is 12.4. The highest BCUT2D eigenvalue weighted by Gasteiger charge is 2.34. The Morgan fingerprint density at radius 2 is 1.64 bits per heavy atom. The molecule has 0 spiro atoms. The Balaban J connectivity index is 1.64. The molecule has 1 aliphatic heterocycles. The van der Waals surface area contributed by atoms with E-state index in [-0.39, 0.29) is 6.04 Å². The molecule has 1 N–H and O–H groups in total. The van der Waals surface area contributed by atoms with Gasteiger partial charge in [-0.25, -0.2) is 0 Å². The monoisotopic (exact) mass is 494 g/mol. The highest BCUT2D eigenvalue weighted by atomic mass is 32.1. The van der Waals surface area contributed by atoms with E-state index >= 15 is 0 Å². The summed E-state index contributed by atoms with van der Waals surface area (Å²) >= 11 is 5.90. The molecule has 1 aliphatic rings. The number of anilines is 1. The van der Waals surface area contributed by atoms with Crippen molar-refractivity contribution >= 4 is 28.6 Å². The lowest BCUT2D eigenvalue weighted by atomic mass is 9.93. The van der Waals surface area contributed by atoms with Crippen LogP contribution in [0.2, 0.25) is 0 Å². The molecule has 36 heavy (non-hydrogen) atoms. The van der Waals surface area contributed by atoms with Crippen LogP contribution >= 0.6 is 12.2 Å². The summed E-state index contributed by atoms with van der Waals surface area (Å²) in [4.78, 5) is 6.90. The van der Waals surface area contributed by atoms with E-state index in [1.165, 1.54) is 16.7 Å². The maximum absolute atomic E-state index is 5.90. The van der Waals surface area contributed by atoms with Crippen LogP contribution in [0.1, 0.15) is 55.0 Å². The fraction of sp³-hybridized carbons (Fsp3) is 0.233. The third-order valence-electron chi connectivity index (χ3n) is 6.75. The average Bonchev–Trinajstić information content (AvgIpc) is 3.38. The predicted molar refractivity (Wildman–Crippen MR) is 150 cm³/mol. The molecule has 1 atom stereocenters. The van der Waals surface area contributed by atoms with E-state index in [2.05, 4.69) is 104 Å². The summed E-state index contributed by atoms with van der Waals surface area (Å²) in [6.45, 7) is 8.45. The van der Waals surface area contributed by atoms with Crippen molar-refractivity contribution in [2.24, 2.45) is 0 Å². The van der Waals surface area contributed by atoms with E-state index in [0.29, 0.717) is 16.8 Å². The highest BCUT2D eigenvalue weighted by molar-refractivity contribution is 7.80. The summed E-state index contributed by atoms with van der Waals surface area (Å²) in [6.07, 6.45) is 1.94. The second-order valence-electron chi connectivity index (χ2n) is 9.12. The van der Waals surface area contributed by atoms with Gasteiger partial charge in [0.15, 0.2) is 5.11 Å². The highest BCUT2D eigenvalue weighted by Crippen LogP contribution is 2.39. The van der Waals surface area contributed by atoms with Gasteiger partial charge in [-0.1, -0.05) is 85.2 Å². The topological polar surface area (TPSA) is 54.2 Å². The van der Waals surface area contributed by atoms with Crippen LogP contribution < -0.4 is 10.2 Å². The number of hydrogen-bond donors (Lipinski definition) is 1. The van der Waals surface area contributed by atoms with E-state index in [1.54, 1.807) is 0 Å². The summed E-state index contributed by atoms with van der Waals surface area (Å²) in [7, 11) is 0. The molecule has 0 aliphatic carbocycles. The zero-order valence-corrected chi connectivity index (χ0v) is 21.9. The van der Waals surface area contributed by atoms with Crippen LogP contribution in [-0.4, -0.2) is 15.3 Å². The minimum atomic E-state index is -0.208. The van der Waals surface area contributed by atoms with Gasteiger partial charge in [-0.05, 0) is 67.7 Å². The van der Waals surface area contributed by atoms with Crippen LogP contribution in [-0.2, 0) is 12.8 Å². The summed E-state index contributed by atoms with van der Waals surface area (Å²) in [6, 6.07) is 25.0. The van der Waals surface area contributed by atoms with Crippen molar-refractivity contribution in [2.75, 3.05) is 4.90 Å². The van der Waals surface area contributed by atoms with Crippen LogP contribution in [0.5, 0.6) is 0 Å². The fourth-order valence-corrected chi connectivity index (χ4v) is 4.96. The maximum atomic E-state index is 5.90. The molecule has 1 aromatic heterocycles. The summed E-state index contributed by atoms with van der Waals surface area (Å²) in [5, 5.41) is 8.54. The quantitative estimate of drug-likeness (QED) is 0.290. The molecule has 1 unspecified atom stereocenters. The molecule has 5 rings (SSSR count). The number of aryl methyl sites for hydroxylation is 3. The van der Waals surface area contributed by atoms with Crippen molar-refractivity contribution in [1.82, 2.24) is 15.5 Å². The standard InChI is InChI=1S/C30H30N4OS/c1-5-21-12-16-23(17-13-21)27-26(29-32-28(33-35-29)24-14-10-19(3)11-15-24)20(4)34(30(36)31-27)25-9-7-8-22(6-2)18-25/h7-18,27H,5-6H2,1-4H3,(H,31,36). The van der Waals surface area contributed by atoms with Crippen molar-refractivity contribution in [2.45, 2.75) is 46.6 Å². The third-order valence-corrected chi connectivity index (χ3v) is 7.05. The minimum Gasteiger partial charge on any atom is -0.351 e. The van der Waals surface area contributed by atoms with Crippen molar-refractivity contribution in [3.05, 3.63) is 107 Å². The number of rotatable bonds is 6. The van der Waals surface area contributed by atoms with Crippen LogP contribution in [0.4, 0.5) is 5.69 Å². The van der Waals surface area contributed by atoms with E-state index in [0.717, 1.165) is 40.9 Å². The van der Waals surface area contributed by atoms with Gasteiger partial charge >= 0.3 is 0 Å². The Morgan fingerprint density at radius 1 is 0.917 bits per heavy atom. The van der Waals surface area contributed by atoms with Crippen LogP contribution in [0.15, 0.2) is 83.0 Å². The zero-order valence-electron chi connectivity index (χ0n) is 21.1. The number of nitrogens with zero attached hydrogens (tertiary/aromatic N) is 3. The number of hydrogen-bond acceptors (Lipinski definition) is 4. The minimum absolute atomic E-state index is 0.208. The SMILES string of the molecule is CCc1ccc(C2NC(=S)N(c3cccc(CC)c3)C(C)=C2c2nc(-c3ccc(C)cc3)no2)cc1.